The van der Waals surface area contributed by atoms with Gasteiger partial charge in [0.2, 0.25) is 5.91 Å². The number of rotatable bonds is 5. The molecule has 2 aromatic rings. The Balaban J connectivity index is 1.56. The molecule has 0 unspecified atom stereocenters. The maximum absolute atomic E-state index is 11.5. The van der Waals surface area contributed by atoms with E-state index in [1.807, 2.05) is 24.0 Å². The van der Waals surface area contributed by atoms with Crippen molar-refractivity contribution in [2.45, 2.75) is 26.2 Å². The van der Waals surface area contributed by atoms with E-state index in [4.69, 9.17) is 11.6 Å². The largest absolute Gasteiger partial charge is 0.361 e. The monoisotopic (exact) mass is 323 g/mol. The number of halogens is 1. The SMILES string of the molecule is Cc1cc(Cl)cc2sc(NCCCN3CCCC3=O)nc12. The number of hydrogen-bond donors (Lipinski definition) is 1. The Labute approximate surface area is 133 Å². The van der Waals surface area contributed by atoms with Gasteiger partial charge in [0, 0.05) is 31.1 Å². The van der Waals surface area contributed by atoms with Crippen molar-refractivity contribution >= 4 is 44.2 Å². The predicted octanol–water partition coefficient (Wildman–Crippen LogP) is 3.68. The summed E-state index contributed by atoms with van der Waals surface area (Å²) in [6, 6.07) is 3.89. The first-order valence-electron chi connectivity index (χ1n) is 7.22. The van der Waals surface area contributed by atoms with Crippen molar-refractivity contribution < 1.29 is 4.79 Å². The lowest BCUT2D eigenvalue weighted by atomic mass is 10.2. The summed E-state index contributed by atoms with van der Waals surface area (Å²) in [6.07, 6.45) is 2.66. The average molecular weight is 324 g/mol. The van der Waals surface area contributed by atoms with Crippen molar-refractivity contribution in [3.63, 3.8) is 0 Å². The lowest BCUT2D eigenvalue weighted by Crippen LogP contribution is -2.26. The number of likely N-dealkylation sites (tertiary alicyclic amines) is 1. The van der Waals surface area contributed by atoms with Crippen molar-refractivity contribution in [3.05, 3.63) is 22.7 Å². The number of carbonyl (C=O) groups excluding carboxylic acids is 1. The minimum Gasteiger partial charge on any atom is -0.361 e. The molecule has 1 aliphatic heterocycles. The van der Waals surface area contributed by atoms with Crippen molar-refractivity contribution in [1.29, 1.82) is 0 Å². The van der Waals surface area contributed by atoms with Crippen molar-refractivity contribution in [2.24, 2.45) is 0 Å². The highest BCUT2D eigenvalue weighted by Gasteiger charge is 2.18. The first kappa shape index (κ1) is 14.6. The number of amides is 1. The molecular formula is C15H18ClN3OS. The molecule has 0 bridgehead atoms. The summed E-state index contributed by atoms with van der Waals surface area (Å²) in [5.74, 6) is 0.292. The van der Waals surface area contributed by atoms with Gasteiger partial charge in [0.05, 0.1) is 10.2 Å². The Kier molecular flexibility index (Phi) is 4.31. The zero-order chi connectivity index (χ0) is 14.8. The molecule has 1 amide bonds. The Hall–Kier alpha value is -1.33. The number of aromatic nitrogens is 1. The molecule has 0 spiro atoms. The zero-order valence-corrected chi connectivity index (χ0v) is 13.6. The average Bonchev–Trinajstić information content (AvgIpc) is 3.01. The number of carbonyl (C=O) groups is 1. The molecule has 1 aromatic carbocycles. The second-order valence-corrected chi connectivity index (χ2v) is 6.82. The van der Waals surface area contributed by atoms with E-state index in [0.29, 0.717) is 12.3 Å². The normalized spacial score (nSPS) is 15.1. The van der Waals surface area contributed by atoms with E-state index in [9.17, 15) is 4.79 Å². The highest BCUT2D eigenvalue weighted by Crippen LogP contribution is 2.30. The maximum atomic E-state index is 11.5. The van der Waals surface area contributed by atoms with Crippen LogP contribution in [-0.4, -0.2) is 35.4 Å². The summed E-state index contributed by atoms with van der Waals surface area (Å²) >= 11 is 7.69. The van der Waals surface area contributed by atoms with Gasteiger partial charge in [-0.3, -0.25) is 4.79 Å². The van der Waals surface area contributed by atoms with E-state index < -0.39 is 0 Å². The highest BCUT2D eigenvalue weighted by atomic mass is 35.5. The van der Waals surface area contributed by atoms with Crippen LogP contribution >= 0.6 is 22.9 Å². The van der Waals surface area contributed by atoms with Crippen LogP contribution in [0.2, 0.25) is 5.02 Å². The molecule has 4 nitrogen and oxygen atoms in total. The third-order valence-corrected chi connectivity index (χ3v) is 4.88. The molecule has 0 aliphatic carbocycles. The van der Waals surface area contributed by atoms with Gasteiger partial charge in [0.25, 0.3) is 0 Å². The second kappa shape index (κ2) is 6.20. The molecule has 3 rings (SSSR count). The van der Waals surface area contributed by atoms with Gasteiger partial charge in [-0.1, -0.05) is 22.9 Å². The Bertz CT molecular complexity index is 670. The molecule has 1 aromatic heterocycles. The molecule has 21 heavy (non-hydrogen) atoms. The lowest BCUT2D eigenvalue weighted by molar-refractivity contribution is -0.127. The molecule has 1 aliphatic rings. The van der Waals surface area contributed by atoms with Crippen molar-refractivity contribution in [2.75, 3.05) is 25.0 Å². The molecular weight excluding hydrogens is 306 g/mol. The number of thiazole rings is 1. The third-order valence-electron chi connectivity index (χ3n) is 3.70. The molecule has 1 fully saturated rings. The molecule has 0 atom stereocenters. The Morgan fingerprint density at radius 3 is 3.10 bits per heavy atom. The summed E-state index contributed by atoms with van der Waals surface area (Å²) < 4.78 is 1.11. The topological polar surface area (TPSA) is 45.2 Å². The molecule has 112 valence electrons. The summed E-state index contributed by atoms with van der Waals surface area (Å²) in [5.41, 5.74) is 2.12. The molecule has 2 heterocycles. The molecule has 6 heteroatoms. The van der Waals surface area contributed by atoms with E-state index in [1.54, 1.807) is 11.3 Å². The minimum atomic E-state index is 0.292. The van der Waals surface area contributed by atoms with Crippen molar-refractivity contribution in [1.82, 2.24) is 9.88 Å². The van der Waals surface area contributed by atoms with Gasteiger partial charge in [0.15, 0.2) is 5.13 Å². The fourth-order valence-electron chi connectivity index (χ4n) is 2.64. The van der Waals surface area contributed by atoms with Crippen LogP contribution in [0.1, 0.15) is 24.8 Å². The first-order chi connectivity index (χ1) is 10.1. The van der Waals surface area contributed by atoms with Crippen LogP contribution < -0.4 is 5.32 Å². The van der Waals surface area contributed by atoms with Crippen LogP contribution in [0.4, 0.5) is 5.13 Å². The molecule has 1 N–H and O–H groups in total. The summed E-state index contributed by atoms with van der Waals surface area (Å²) in [4.78, 5) is 18.1. The van der Waals surface area contributed by atoms with Gasteiger partial charge < -0.3 is 10.2 Å². The number of nitrogens with one attached hydrogen (secondary N) is 1. The standard InChI is InChI=1S/C15H18ClN3OS/c1-10-8-11(16)9-12-14(10)18-15(21-12)17-5-3-7-19-6-2-4-13(19)20/h8-9H,2-7H2,1H3,(H,17,18). The van der Waals surface area contributed by atoms with Gasteiger partial charge in [-0.05, 0) is 37.5 Å². The van der Waals surface area contributed by atoms with Gasteiger partial charge in [0.1, 0.15) is 0 Å². The number of hydrogen-bond acceptors (Lipinski definition) is 4. The van der Waals surface area contributed by atoms with Crippen LogP contribution in [0.15, 0.2) is 12.1 Å². The maximum Gasteiger partial charge on any atom is 0.222 e. The van der Waals surface area contributed by atoms with Crippen molar-refractivity contribution in [3.8, 4) is 0 Å². The second-order valence-electron chi connectivity index (χ2n) is 5.35. The number of fused-ring (bicyclic) bond motifs is 1. The fraction of sp³-hybridized carbons (Fsp3) is 0.467. The number of benzene rings is 1. The van der Waals surface area contributed by atoms with Gasteiger partial charge in [-0.25, -0.2) is 4.98 Å². The predicted molar refractivity (Wildman–Crippen MR) is 88.3 cm³/mol. The third kappa shape index (κ3) is 3.30. The van der Waals surface area contributed by atoms with Crippen LogP contribution in [0.3, 0.4) is 0 Å². The van der Waals surface area contributed by atoms with Gasteiger partial charge in [-0.15, -0.1) is 0 Å². The Morgan fingerprint density at radius 1 is 1.48 bits per heavy atom. The van der Waals surface area contributed by atoms with Crippen LogP contribution in [0, 0.1) is 6.92 Å². The van der Waals surface area contributed by atoms with Gasteiger partial charge >= 0.3 is 0 Å². The van der Waals surface area contributed by atoms with Crippen LogP contribution in [0.25, 0.3) is 10.2 Å². The number of aryl methyl sites for hydroxylation is 1. The summed E-state index contributed by atoms with van der Waals surface area (Å²) in [5, 5.41) is 5.02. The van der Waals surface area contributed by atoms with Crippen LogP contribution in [-0.2, 0) is 4.79 Å². The quantitative estimate of drug-likeness (QED) is 0.854. The highest BCUT2D eigenvalue weighted by molar-refractivity contribution is 7.22. The zero-order valence-electron chi connectivity index (χ0n) is 12.0. The minimum absolute atomic E-state index is 0.292. The van der Waals surface area contributed by atoms with E-state index >= 15 is 0 Å². The summed E-state index contributed by atoms with van der Waals surface area (Å²) in [7, 11) is 0. The molecule has 0 radical (unpaired) electrons. The number of anilines is 1. The van der Waals surface area contributed by atoms with E-state index in [2.05, 4.69) is 10.3 Å². The lowest BCUT2D eigenvalue weighted by Gasteiger charge is -2.14. The fourth-order valence-corrected chi connectivity index (χ4v) is 3.98. The molecule has 0 saturated carbocycles. The van der Waals surface area contributed by atoms with E-state index in [-0.39, 0.29) is 0 Å². The number of nitrogens with zero attached hydrogens (tertiary/aromatic N) is 2. The van der Waals surface area contributed by atoms with E-state index in [1.165, 1.54) is 0 Å². The van der Waals surface area contributed by atoms with E-state index in [0.717, 1.165) is 58.4 Å². The van der Waals surface area contributed by atoms with Gasteiger partial charge in [-0.2, -0.15) is 0 Å². The van der Waals surface area contributed by atoms with Crippen LogP contribution in [0.5, 0.6) is 0 Å². The summed E-state index contributed by atoms with van der Waals surface area (Å²) in [6.45, 7) is 4.60. The molecule has 1 saturated heterocycles. The Morgan fingerprint density at radius 2 is 2.33 bits per heavy atom. The first-order valence-corrected chi connectivity index (χ1v) is 8.41. The smallest absolute Gasteiger partial charge is 0.222 e.